The molecule has 5 rings (SSSR count). The van der Waals surface area contributed by atoms with Gasteiger partial charge in [-0.05, 0) is 61.8 Å². The Kier molecular flexibility index (Phi) is 8.36. The minimum atomic E-state index is -0.970. The second kappa shape index (κ2) is 12.0. The van der Waals surface area contributed by atoms with Crippen LogP contribution in [0, 0.1) is 11.8 Å². The number of benzene rings is 2. The predicted molar refractivity (Wildman–Crippen MR) is 145 cm³/mol. The molecule has 2 aromatic rings. The minimum absolute atomic E-state index is 0.0821. The van der Waals surface area contributed by atoms with E-state index in [-0.39, 0.29) is 24.7 Å². The van der Waals surface area contributed by atoms with Crippen molar-refractivity contribution < 1.29 is 19.4 Å². The number of para-hydroxylation sites is 1. The predicted octanol–water partition coefficient (Wildman–Crippen LogP) is 4.21. The lowest BCUT2D eigenvalue weighted by molar-refractivity contribution is -0.127. The number of aliphatic hydroxyl groups is 1. The summed E-state index contributed by atoms with van der Waals surface area (Å²) in [4.78, 5) is 13.2. The van der Waals surface area contributed by atoms with Crippen LogP contribution < -0.4 is 30.7 Å². The lowest BCUT2D eigenvalue weighted by atomic mass is 9.82. The molecular weight excluding hydrogens is 468 g/mol. The van der Waals surface area contributed by atoms with Crippen LogP contribution in [0.4, 0.5) is 11.4 Å². The Hall–Kier alpha value is -2.97. The molecule has 0 spiro atoms. The molecule has 0 radical (unpaired) electrons. The number of fused-ring (bicyclic) bond motifs is 2. The molecule has 37 heavy (non-hydrogen) atoms. The van der Waals surface area contributed by atoms with Gasteiger partial charge in [0.2, 0.25) is 12.7 Å². The number of hydrogen-bond acceptors (Lipinski definition) is 7. The molecule has 1 unspecified atom stereocenters. The average Bonchev–Trinajstić information content (AvgIpc) is 3.37. The molecule has 1 amide bonds. The normalized spacial score (nSPS) is 25.0. The molecule has 1 aliphatic carbocycles. The lowest BCUT2D eigenvalue weighted by Crippen LogP contribution is -2.52. The average molecular weight is 509 g/mol. The molecule has 2 aromatic carbocycles. The van der Waals surface area contributed by atoms with E-state index in [0.717, 1.165) is 57.1 Å². The van der Waals surface area contributed by atoms with E-state index in [1.54, 1.807) is 0 Å². The van der Waals surface area contributed by atoms with E-state index >= 15 is 0 Å². The molecule has 8 nitrogen and oxygen atoms in total. The maximum Gasteiger partial charge on any atom is 0.231 e. The fraction of sp³-hybridized carbons (Fsp3) is 0.552. The summed E-state index contributed by atoms with van der Waals surface area (Å²) in [7, 11) is 0. The number of carbonyl (C=O) groups excluding carboxylic acids is 1. The van der Waals surface area contributed by atoms with Gasteiger partial charge in [-0.1, -0.05) is 44.4 Å². The second-order valence-corrected chi connectivity index (χ2v) is 10.5. The van der Waals surface area contributed by atoms with Crippen molar-refractivity contribution >= 4 is 17.3 Å². The maximum atomic E-state index is 13.2. The Bertz CT molecular complexity index is 1060. The highest BCUT2D eigenvalue weighted by atomic mass is 16.7. The first-order valence-corrected chi connectivity index (χ1v) is 13.8. The van der Waals surface area contributed by atoms with Gasteiger partial charge >= 0.3 is 0 Å². The largest absolute Gasteiger partial charge is 0.454 e. The number of nitrogens with one attached hydrogen (secondary N) is 4. The van der Waals surface area contributed by atoms with Crippen molar-refractivity contribution in [1.29, 1.82) is 0 Å². The van der Waals surface area contributed by atoms with E-state index < -0.39 is 6.35 Å². The summed E-state index contributed by atoms with van der Waals surface area (Å²) in [6.45, 7) is 3.12. The van der Waals surface area contributed by atoms with Gasteiger partial charge in [-0.15, -0.1) is 0 Å². The van der Waals surface area contributed by atoms with Gasteiger partial charge in [-0.25, -0.2) is 0 Å². The fourth-order valence-corrected chi connectivity index (χ4v) is 6.05. The van der Waals surface area contributed by atoms with Crippen LogP contribution in [0.5, 0.6) is 11.5 Å². The van der Waals surface area contributed by atoms with E-state index in [0.29, 0.717) is 30.0 Å². The highest BCUT2D eigenvalue weighted by Crippen LogP contribution is 2.35. The lowest BCUT2D eigenvalue weighted by Gasteiger charge is -2.36. The van der Waals surface area contributed by atoms with Gasteiger partial charge < -0.3 is 30.5 Å². The number of ether oxygens (including phenoxy) is 2. The van der Waals surface area contributed by atoms with E-state index in [4.69, 9.17) is 9.47 Å². The Morgan fingerprint density at radius 1 is 1.11 bits per heavy atom. The van der Waals surface area contributed by atoms with E-state index in [1.165, 1.54) is 11.3 Å². The summed E-state index contributed by atoms with van der Waals surface area (Å²) in [6.07, 6.45) is 7.08. The van der Waals surface area contributed by atoms with E-state index in [2.05, 4.69) is 52.5 Å². The number of aliphatic hydroxyl groups excluding tert-OH is 1. The molecule has 1 saturated carbocycles. The minimum Gasteiger partial charge on any atom is -0.454 e. The van der Waals surface area contributed by atoms with Crippen LogP contribution in [0.3, 0.4) is 0 Å². The van der Waals surface area contributed by atoms with Crippen LogP contribution in [0.15, 0.2) is 42.5 Å². The standard InChI is InChI=1S/C29H40N4O4/c1-2-7-23-20(16-19-8-3-5-10-24(19)32-23)14-15-30-28(34)22-9-4-6-11-25(22)33-29(35)31-21-12-13-26-27(17-21)37-18-36-26/h3,5,8,10,12-13,17,20,22-23,25,29,31-33,35H,2,4,6-7,9,11,14-16,18H2,1H3,(H,30,34)/t20-,22-,23-,25+,29?/m0/s1. The quantitative estimate of drug-likeness (QED) is 0.306. The first kappa shape index (κ1) is 25.7. The van der Waals surface area contributed by atoms with Crippen molar-refractivity contribution in [2.24, 2.45) is 11.8 Å². The maximum absolute atomic E-state index is 13.2. The summed E-state index contributed by atoms with van der Waals surface area (Å²) in [5.41, 5.74) is 3.35. The highest BCUT2D eigenvalue weighted by molar-refractivity contribution is 5.79. The number of amides is 1. The molecule has 0 bridgehead atoms. The van der Waals surface area contributed by atoms with Crippen molar-refractivity contribution in [3.05, 3.63) is 48.0 Å². The summed E-state index contributed by atoms with van der Waals surface area (Å²) in [5.74, 6) is 1.79. The molecule has 8 heteroatoms. The van der Waals surface area contributed by atoms with Gasteiger partial charge in [0.1, 0.15) is 0 Å². The van der Waals surface area contributed by atoms with Gasteiger partial charge in [0, 0.05) is 36.1 Å². The first-order chi connectivity index (χ1) is 18.1. The molecule has 0 aromatic heterocycles. The molecule has 2 aliphatic heterocycles. The van der Waals surface area contributed by atoms with Gasteiger partial charge in [-0.2, -0.15) is 0 Å². The van der Waals surface area contributed by atoms with E-state index in [9.17, 15) is 9.90 Å². The Morgan fingerprint density at radius 3 is 2.84 bits per heavy atom. The Labute approximate surface area is 219 Å². The van der Waals surface area contributed by atoms with Crippen molar-refractivity contribution in [3.63, 3.8) is 0 Å². The molecule has 0 saturated heterocycles. The smallest absolute Gasteiger partial charge is 0.231 e. The number of hydrogen-bond donors (Lipinski definition) is 5. The van der Waals surface area contributed by atoms with Crippen LogP contribution >= 0.6 is 0 Å². The van der Waals surface area contributed by atoms with Crippen LogP contribution in [-0.4, -0.2) is 42.8 Å². The van der Waals surface area contributed by atoms with E-state index in [1.807, 2.05) is 18.2 Å². The van der Waals surface area contributed by atoms with Crippen LogP contribution in [0.25, 0.3) is 0 Å². The summed E-state index contributed by atoms with van der Waals surface area (Å²) in [5, 5.41) is 23.9. The number of anilines is 2. The molecule has 3 aliphatic rings. The highest BCUT2D eigenvalue weighted by Gasteiger charge is 2.33. The van der Waals surface area contributed by atoms with Crippen LogP contribution in [0.1, 0.15) is 57.4 Å². The summed E-state index contributed by atoms with van der Waals surface area (Å²) < 4.78 is 10.8. The topological polar surface area (TPSA) is 104 Å². The number of carbonyl (C=O) groups is 1. The second-order valence-electron chi connectivity index (χ2n) is 10.5. The zero-order valence-corrected chi connectivity index (χ0v) is 21.7. The third-order valence-corrected chi connectivity index (χ3v) is 7.97. The molecule has 2 heterocycles. The fourth-order valence-electron chi connectivity index (χ4n) is 6.05. The van der Waals surface area contributed by atoms with Gasteiger partial charge in [0.15, 0.2) is 17.9 Å². The van der Waals surface area contributed by atoms with Crippen LogP contribution in [-0.2, 0) is 11.2 Å². The molecular formula is C29H40N4O4. The van der Waals surface area contributed by atoms with Gasteiger partial charge in [0.25, 0.3) is 0 Å². The monoisotopic (exact) mass is 508 g/mol. The number of rotatable bonds is 10. The zero-order valence-electron chi connectivity index (χ0n) is 21.7. The Balaban J connectivity index is 1.12. The molecule has 5 atom stereocenters. The van der Waals surface area contributed by atoms with Crippen molar-refractivity contribution in [2.75, 3.05) is 24.0 Å². The first-order valence-electron chi connectivity index (χ1n) is 13.8. The Morgan fingerprint density at radius 2 is 1.95 bits per heavy atom. The zero-order chi connectivity index (χ0) is 25.6. The summed E-state index contributed by atoms with van der Waals surface area (Å²) in [6, 6.07) is 14.4. The SMILES string of the molecule is CCC[C@@H]1Nc2ccccc2C[C@@H]1CCNC(=O)[C@H]1CCCC[C@H]1NC(O)Nc1ccc2c(c1)OCO2. The third kappa shape index (κ3) is 6.30. The molecule has 5 N–H and O–H groups in total. The third-order valence-electron chi connectivity index (χ3n) is 7.97. The summed E-state index contributed by atoms with van der Waals surface area (Å²) >= 11 is 0. The van der Waals surface area contributed by atoms with Crippen molar-refractivity contribution in [2.45, 2.75) is 76.7 Å². The molecule has 200 valence electrons. The van der Waals surface area contributed by atoms with Crippen molar-refractivity contribution in [3.8, 4) is 11.5 Å². The van der Waals surface area contributed by atoms with Gasteiger partial charge in [-0.3, -0.25) is 10.1 Å². The van der Waals surface area contributed by atoms with Gasteiger partial charge in [0.05, 0.1) is 5.92 Å². The van der Waals surface area contributed by atoms with Crippen molar-refractivity contribution in [1.82, 2.24) is 10.6 Å². The molecule has 1 fully saturated rings. The van der Waals surface area contributed by atoms with Crippen LogP contribution in [0.2, 0.25) is 0 Å².